The molecule has 2 aromatic rings. The Morgan fingerprint density at radius 3 is 1.75 bits per heavy atom. The molecule has 0 radical (unpaired) electrons. The van der Waals surface area contributed by atoms with Gasteiger partial charge in [-0.1, -0.05) is 36.4 Å². The van der Waals surface area contributed by atoms with Crippen LogP contribution in [0.2, 0.25) is 0 Å². The fourth-order valence-electron chi connectivity index (χ4n) is 2.29. The minimum atomic E-state index is -0.658. The third-order valence-corrected chi connectivity index (χ3v) is 3.52. The molecule has 0 heterocycles. The molecule has 0 spiro atoms. The predicted molar refractivity (Wildman–Crippen MR) is 85.0 cm³/mol. The molecule has 0 unspecified atom stereocenters. The number of rotatable bonds is 4. The number of allylic oxidation sites excluding steroid dienone is 2. The van der Waals surface area contributed by atoms with Crippen molar-refractivity contribution in [3.63, 3.8) is 0 Å². The monoisotopic (exact) mass is 322 g/mol. The van der Waals surface area contributed by atoms with Crippen molar-refractivity contribution in [1.29, 1.82) is 0 Å². The lowest BCUT2D eigenvalue weighted by atomic mass is 10.2. The van der Waals surface area contributed by atoms with E-state index in [0.717, 1.165) is 0 Å². The van der Waals surface area contributed by atoms with Gasteiger partial charge in [0, 0.05) is 12.8 Å². The van der Waals surface area contributed by atoms with Crippen molar-refractivity contribution in [3.8, 4) is 0 Å². The van der Waals surface area contributed by atoms with E-state index in [-0.39, 0.29) is 30.1 Å². The summed E-state index contributed by atoms with van der Waals surface area (Å²) in [5.41, 5.74) is 0.677. The van der Waals surface area contributed by atoms with E-state index in [0.29, 0.717) is 11.1 Å². The molecule has 1 aliphatic carbocycles. The summed E-state index contributed by atoms with van der Waals surface area (Å²) in [6, 6.07) is 16.7. The smallest absolute Gasteiger partial charge is 0.343 e. The fourth-order valence-corrected chi connectivity index (χ4v) is 2.29. The van der Waals surface area contributed by atoms with Crippen LogP contribution in [0.25, 0.3) is 0 Å². The van der Waals surface area contributed by atoms with Crippen LogP contribution in [0, 0.1) is 0 Å². The average Bonchev–Trinajstić information content (AvgIpc) is 2.96. The summed E-state index contributed by atoms with van der Waals surface area (Å²) >= 11 is 0. The molecule has 5 heteroatoms. The van der Waals surface area contributed by atoms with Crippen LogP contribution in [-0.2, 0) is 14.3 Å². The Bertz CT molecular complexity index is 806. The number of ketones is 1. The molecule has 0 atom stereocenters. The van der Waals surface area contributed by atoms with Crippen LogP contribution in [-0.4, -0.2) is 17.7 Å². The summed E-state index contributed by atoms with van der Waals surface area (Å²) in [7, 11) is 0. The molecule has 24 heavy (non-hydrogen) atoms. The Kier molecular flexibility index (Phi) is 4.52. The molecule has 2 aromatic carbocycles. The maximum Gasteiger partial charge on any atom is 0.343 e. The van der Waals surface area contributed by atoms with Gasteiger partial charge in [-0.05, 0) is 24.3 Å². The number of esters is 2. The molecule has 0 bridgehead atoms. The Morgan fingerprint density at radius 1 is 0.708 bits per heavy atom. The third-order valence-electron chi connectivity index (χ3n) is 3.52. The second kappa shape index (κ2) is 6.91. The quantitative estimate of drug-likeness (QED) is 0.808. The van der Waals surface area contributed by atoms with Crippen LogP contribution >= 0.6 is 0 Å². The lowest BCUT2D eigenvalue weighted by Crippen LogP contribution is -2.12. The third kappa shape index (κ3) is 3.41. The maximum absolute atomic E-state index is 12.1. The summed E-state index contributed by atoms with van der Waals surface area (Å²) < 4.78 is 10.4. The number of carbonyl (C=O) groups excluding carboxylic acids is 3. The number of Topliss-reactive ketones (excluding diaryl/α,β-unsaturated/α-hetero) is 1. The Morgan fingerprint density at radius 2 is 1.21 bits per heavy atom. The molecule has 1 aliphatic rings. The number of carbonyl (C=O) groups is 3. The van der Waals surface area contributed by atoms with Crippen LogP contribution in [0.5, 0.6) is 0 Å². The van der Waals surface area contributed by atoms with Crippen LogP contribution < -0.4 is 0 Å². The fraction of sp³-hybridized carbons (Fsp3) is 0.105. The highest BCUT2D eigenvalue weighted by Crippen LogP contribution is 2.26. The minimum absolute atomic E-state index is 0.0955. The van der Waals surface area contributed by atoms with Crippen LogP contribution in [0.15, 0.2) is 72.2 Å². The molecule has 0 aromatic heterocycles. The van der Waals surface area contributed by atoms with Gasteiger partial charge in [-0.25, -0.2) is 9.59 Å². The van der Waals surface area contributed by atoms with Gasteiger partial charge in [0.25, 0.3) is 0 Å². The van der Waals surface area contributed by atoms with Gasteiger partial charge < -0.3 is 9.47 Å². The summed E-state index contributed by atoms with van der Waals surface area (Å²) in [4.78, 5) is 36.1. The van der Waals surface area contributed by atoms with Crippen molar-refractivity contribution in [1.82, 2.24) is 0 Å². The SMILES string of the molecule is O=C1CCC(OC(=O)c2ccccc2)=C1OC(=O)c1ccccc1. The van der Waals surface area contributed by atoms with E-state index in [9.17, 15) is 14.4 Å². The second-order valence-corrected chi connectivity index (χ2v) is 5.19. The normalized spacial score (nSPS) is 13.8. The average molecular weight is 322 g/mol. The maximum atomic E-state index is 12.1. The van der Waals surface area contributed by atoms with Gasteiger partial charge in [0.1, 0.15) is 0 Å². The predicted octanol–water partition coefficient (Wildman–Crippen LogP) is 3.27. The lowest BCUT2D eigenvalue weighted by molar-refractivity contribution is -0.117. The standard InChI is InChI=1S/C19H14O5/c20-15-11-12-16(23-18(21)13-7-3-1-4-8-13)17(15)24-19(22)14-9-5-2-6-10-14/h1-10H,11-12H2. The van der Waals surface area contributed by atoms with Crippen molar-refractivity contribution >= 4 is 17.7 Å². The number of ether oxygens (including phenoxy) is 2. The van der Waals surface area contributed by atoms with E-state index >= 15 is 0 Å². The first-order valence-electron chi connectivity index (χ1n) is 7.46. The van der Waals surface area contributed by atoms with Gasteiger partial charge in [0.2, 0.25) is 11.5 Å². The van der Waals surface area contributed by atoms with E-state index in [1.165, 1.54) is 0 Å². The first-order valence-corrected chi connectivity index (χ1v) is 7.46. The molecule has 0 amide bonds. The molecule has 0 fully saturated rings. The Labute approximate surface area is 138 Å². The summed E-state index contributed by atoms with van der Waals surface area (Å²) in [6.45, 7) is 0. The van der Waals surface area contributed by atoms with Crippen molar-refractivity contribution in [3.05, 3.63) is 83.3 Å². The molecule has 0 N–H and O–H groups in total. The van der Waals surface area contributed by atoms with E-state index in [4.69, 9.17) is 9.47 Å². The molecule has 120 valence electrons. The topological polar surface area (TPSA) is 69.7 Å². The van der Waals surface area contributed by atoms with Crippen molar-refractivity contribution < 1.29 is 23.9 Å². The van der Waals surface area contributed by atoms with Crippen LogP contribution in [0.1, 0.15) is 33.6 Å². The van der Waals surface area contributed by atoms with Gasteiger partial charge in [0.15, 0.2) is 5.76 Å². The lowest BCUT2D eigenvalue weighted by Gasteiger charge is -2.08. The number of hydrogen-bond donors (Lipinski definition) is 0. The zero-order chi connectivity index (χ0) is 16.9. The molecular formula is C19H14O5. The van der Waals surface area contributed by atoms with Gasteiger partial charge in [0.05, 0.1) is 11.1 Å². The summed E-state index contributed by atoms with van der Waals surface area (Å²) in [5, 5.41) is 0. The largest absolute Gasteiger partial charge is 0.423 e. The number of benzene rings is 2. The van der Waals surface area contributed by atoms with Gasteiger partial charge in [-0.15, -0.1) is 0 Å². The molecule has 5 nitrogen and oxygen atoms in total. The molecule has 0 aliphatic heterocycles. The molecule has 0 saturated heterocycles. The Hall–Kier alpha value is -3.21. The van der Waals surface area contributed by atoms with Crippen molar-refractivity contribution in [2.45, 2.75) is 12.8 Å². The van der Waals surface area contributed by atoms with Crippen LogP contribution in [0.3, 0.4) is 0 Å². The highest BCUT2D eigenvalue weighted by molar-refractivity contribution is 6.01. The molecule has 0 saturated carbocycles. The van der Waals surface area contributed by atoms with Gasteiger partial charge >= 0.3 is 11.9 Å². The minimum Gasteiger partial charge on any atom is -0.423 e. The van der Waals surface area contributed by atoms with Gasteiger partial charge in [-0.2, -0.15) is 0 Å². The summed E-state index contributed by atoms with van der Waals surface area (Å²) in [5.74, 6) is -1.69. The van der Waals surface area contributed by atoms with E-state index in [1.54, 1.807) is 60.7 Å². The Balaban J connectivity index is 1.78. The highest BCUT2D eigenvalue weighted by Gasteiger charge is 2.30. The molecule has 3 rings (SSSR count). The zero-order valence-corrected chi connectivity index (χ0v) is 12.7. The highest BCUT2D eigenvalue weighted by atomic mass is 16.6. The first kappa shape index (κ1) is 15.7. The van der Waals surface area contributed by atoms with Crippen molar-refractivity contribution in [2.75, 3.05) is 0 Å². The van der Waals surface area contributed by atoms with E-state index in [1.807, 2.05) is 0 Å². The van der Waals surface area contributed by atoms with Crippen molar-refractivity contribution in [2.24, 2.45) is 0 Å². The van der Waals surface area contributed by atoms with E-state index < -0.39 is 11.9 Å². The molecular weight excluding hydrogens is 308 g/mol. The second-order valence-electron chi connectivity index (χ2n) is 5.19. The van der Waals surface area contributed by atoms with Crippen LogP contribution in [0.4, 0.5) is 0 Å². The van der Waals surface area contributed by atoms with Gasteiger partial charge in [-0.3, -0.25) is 4.79 Å². The number of hydrogen-bond acceptors (Lipinski definition) is 5. The summed E-state index contributed by atoms with van der Waals surface area (Å²) in [6.07, 6.45) is 0.379. The first-order chi connectivity index (χ1) is 11.6. The zero-order valence-electron chi connectivity index (χ0n) is 12.7. The van der Waals surface area contributed by atoms with E-state index in [2.05, 4.69) is 0 Å².